The van der Waals surface area contributed by atoms with Gasteiger partial charge in [-0.05, 0) is 27.6 Å². The molecule has 1 aliphatic rings. The summed E-state index contributed by atoms with van der Waals surface area (Å²) in [5.41, 5.74) is 11.5. The highest BCUT2D eigenvalue weighted by atomic mass is 32.1. The van der Waals surface area contributed by atoms with Crippen LogP contribution in [0.2, 0.25) is 0 Å². The van der Waals surface area contributed by atoms with Crippen molar-refractivity contribution in [3.63, 3.8) is 0 Å². The highest BCUT2D eigenvalue weighted by Crippen LogP contribution is 2.33. The van der Waals surface area contributed by atoms with E-state index in [1.54, 1.807) is 9.58 Å². The van der Waals surface area contributed by atoms with Crippen LogP contribution in [0.5, 0.6) is 0 Å². The van der Waals surface area contributed by atoms with E-state index in [1.165, 1.54) is 11.9 Å². The van der Waals surface area contributed by atoms with Gasteiger partial charge in [-0.1, -0.05) is 103 Å². The van der Waals surface area contributed by atoms with E-state index in [9.17, 15) is 9.59 Å². The van der Waals surface area contributed by atoms with E-state index in [0.29, 0.717) is 17.2 Å². The van der Waals surface area contributed by atoms with Crippen molar-refractivity contribution in [2.75, 3.05) is 17.7 Å². The van der Waals surface area contributed by atoms with Crippen LogP contribution in [0.15, 0.2) is 114 Å². The lowest BCUT2D eigenvalue weighted by Crippen LogP contribution is -2.53. The topological polar surface area (TPSA) is 123 Å². The van der Waals surface area contributed by atoms with Crippen molar-refractivity contribution in [2.24, 2.45) is 10.7 Å². The van der Waals surface area contributed by atoms with Crippen molar-refractivity contribution in [2.45, 2.75) is 18.9 Å². The lowest BCUT2D eigenvalue weighted by molar-refractivity contribution is -0.138. The first-order chi connectivity index (χ1) is 21.5. The maximum absolute atomic E-state index is 14.5. The fraction of sp³-hybridized carbons (Fsp3) is 0.152. The van der Waals surface area contributed by atoms with E-state index in [4.69, 9.17) is 10.7 Å². The van der Waals surface area contributed by atoms with Gasteiger partial charge in [0.1, 0.15) is 6.67 Å². The Labute approximate surface area is 260 Å². The zero-order valence-electron chi connectivity index (χ0n) is 23.9. The molecule has 5 aromatic rings. The number of nitrogens with zero attached hydrogens (tertiary/aromatic N) is 7. The van der Waals surface area contributed by atoms with Crippen LogP contribution < -0.4 is 10.6 Å². The number of thiol groups is 1. The molecule has 0 saturated heterocycles. The molecule has 0 aliphatic carbocycles. The number of anilines is 1. The SMILES string of the molecule is CN(C(=O)C(N)CS)C1N=C(c2ccccc2)c2ccccc2N(Cn2nnnc2-c2ccccc2-c2ccccc2)C1=O. The van der Waals surface area contributed by atoms with Crippen molar-refractivity contribution >= 4 is 35.8 Å². The number of nitrogens with two attached hydrogens (primary N) is 1. The Morgan fingerprint density at radius 2 is 1.45 bits per heavy atom. The van der Waals surface area contributed by atoms with Crippen molar-refractivity contribution < 1.29 is 9.59 Å². The van der Waals surface area contributed by atoms with E-state index in [-0.39, 0.29) is 12.4 Å². The summed E-state index contributed by atoms with van der Waals surface area (Å²) >= 11 is 4.20. The molecule has 2 amide bonds. The zero-order chi connectivity index (χ0) is 30.6. The van der Waals surface area contributed by atoms with Gasteiger partial charge in [-0.3, -0.25) is 14.5 Å². The van der Waals surface area contributed by atoms with Crippen LogP contribution in [-0.2, 0) is 16.3 Å². The quantitative estimate of drug-likeness (QED) is 0.260. The van der Waals surface area contributed by atoms with Gasteiger partial charge in [0, 0.05) is 29.5 Å². The smallest absolute Gasteiger partial charge is 0.274 e. The van der Waals surface area contributed by atoms with Gasteiger partial charge >= 0.3 is 0 Å². The molecule has 4 aromatic carbocycles. The number of hydrogen-bond donors (Lipinski definition) is 2. The van der Waals surface area contributed by atoms with E-state index in [1.807, 2.05) is 109 Å². The normalized spacial score (nSPS) is 15.2. The predicted molar refractivity (Wildman–Crippen MR) is 173 cm³/mol. The van der Waals surface area contributed by atoms with E-state index in [2.05, 4.69) is 28.2 Å². The molecule has 0 fully saturated rings. The molecule has 1 aliphatic heterocycles. The van der Waals surface area contributed by atoms with Gasteiger partial charge < -0.3 is 10.6 Å². The number of fused-ring (bicyclic) bond motifs is 1. The lowest BCUT2D eigenvalue weighted by Gasteiger charge is -2.30. The second-order valence-corrected chi connectivity index (χ2v) is 10.7. The number of aliphatic imine (C=N–C) groups is 1. The van der Waals surface area contributed by atoms with Crippen LogP contribution in [0, 0.1) is 0 Å². The van der Waals surface area contributed by atoms with Crippen molar-refractivity contribution in [1.29, 1.82) is 0 Å². The molecular formula is C33H30N8O2S. The van der Waals surface area contributed by atoms with Gasteiger partial charge in [0.2, 0.25) is 12.1 Å². The van der Waals surface area contributed by atoms with Crippen LogP contribution in [0.25, 0.3) is 22.5 Å². The summed E-state index contributed by atoms with van der Waals surface area (Å²) in [6.45, 7) is -0.0317. The number of tetrazole rings is 1. The number of amides is 2. The first-order valence-electron chi connectivity index (χ1n) is 14.1. The number of para-hydroxylation sites is 1. The summed E-state index contributed by atoms with van der Waals surface area (Å²) in [6.07, 6.45) is -1.20. The number of carbonyl (C=O) groups excluding carboxylic acids is 2. The monoisotopic (exact) mass is 602 g/mol. The highest BCUT2D eigenvalue weighted by molar-refractivity contribution is 7.80. The molecule has 11 heteroatoms. The van der Waals surface area contributed by atoms with Crippen LogP contribution in [0.3, 0.4) is 0 Å². The number of aromatic nitrogens is 4. The summed E-state index contributed by atoms with van der Waals surface area (Å²) in [6, 6.07) is 34.0. The van der Waals surface area contributed by atoms with Crippen molar-refractivity contribution in [3.8, 4) is 22.5 Å². The fourth-order valence-corrected chi connectivity index (χ4v) is 5.43. The Balaban J connectivity index is 1.47. The number of rotatable bonds is 8. The molecule has 6 rings (SSSR count). The van der Waals surface area contributed by atoms with Gasteiger partial charge in [0.25, 0.3) is 5.91 Å². The Morgan fingerprint density at radius 1 is 0.864 bits per heavy atom. The fourth-order valence-electron chi connectivity index (χ4n) is 5.27. The molecule has 2 heterocycles. The van der Waals surface area contributed by atoms with Crippen LogP contribution in [-0.4, -0.2) is 67.6 Å². The minimum absolute atomic E-state index is 0.0317. The van der Waals surface area contributed by atoms with E-state index >= 15 is 0 Å². The maximum atomic E-state index is 14.5. The number of benzodiazepines with no additional fused rings is 1. The molecule has 1 aromatic heterocycles. The predicted octanol–water partition coefficient (Wildman–Crippen LogP) is 3.89. The molecule has 10 nitrogen and oxygen atoms in total. The first-order valence-corrected chi connectivity index (χ1v) is 14.7. The summed E-state index contributed by atoms with van der Waals surface area (Å²) < 4.78 is 1.59. The molecular weight excluding hydrogens is 572 g/mol. The van der Waals surface area contributed by atoms with Crippen molar-refractivity contribution in [1.82, 2.24) is 25.1 Å². The Hall–Kier alpha value is -5.13. The Bertz CT molecular complexity index is 1830. The number of hydrogen-bond acceptors (Lipinski definition) is 8. The standard InChI is InChI=1S/C33H30N8O2S/c1-39(32(42)27(34)20-44)31-33(43)40(28-19-11-10-18-26(28)29(35-31)23-14-6-3-7-15-23)21-41-30(36-37-38-41)25-17-9-8-16-24(25)22-12-4-2-5-13-22/h2-19,27,31,44H,20-21,34H2,1H3. The molecule has 0 bridgehead atoms. The largest absolute Gasteiger partial charge is 0.319 e. The Morgan fingerprint density at radius 3 is 2.14 bits per heavy atom. The van der Waals surface area contributed by atoms with Gasteiger partial charge in [-0.25, -0.2) is 9.67 Å². The first kappa shape index (κ1) is 29.0. The number of likely N-dealkylation sites (N-methyl/N-ethyl adjacent to an activating group) is 1. The summed E-state index contributed by atoms with van der Waals surface area (Å²) in [5.74, 6) is -0.261. The summed E-state index contributed by atoms with van der Waals surface area (Å²) in [5, 5.41) is 12.7. The molecule has 0 spiro atoms. The zero-order valence-corrected chi connectivity index (χ0v) is 24.8. The van der Waals surface area contributed by atoms with Gasteiger partial charge in [0.05, 0.1) is 17.4 Å². The van der Waals surface area contributed by atoms with Gasteiger partial charge in [-0.15, -0.1) is 5.10 Å². The summed E-state index contributed by atoms with van der Waals surface area (Å²) in [4.78, 5) is 35.5. The van der Waals surface area contributed by atoms with Gasteiger partial charge in [-0.2, -0.15) is 12.6 Å². The maximum Gasteiger partial charge on any atom is 0.274 e. The number of benzene rings is 4. The lowest BCUT2D eigenvalue weighted by atomic mass is 9.99. The van der Waals surface area contributed by atoms with Crippen molar-refractivity contribution in [3.05, 3.63) is 120 Å². The van der Waals surface area contributed by atoms with Crippen LogP contribution >= 0.6 is 12.6 Å². The van der Waals surface area contributed by atoms with Crippen LogP contribution in [0.1, 0.15) is 11.1 Å². The van der Waals surface area contributed by atoms with E-state index in [0.717, 1.165) is 27.8 Å². The molecule has 44 heavy (non-hydrogen) atoms. The summed E-state index contributed by atoms with van der Waals surface area (Å²) in [7, 11) is 1.53. The average Bonchev–Trinajstić information content (AvgIpc) is 3.51. The van der Waals surface area contributed by atoms with Crippen LogP contribution in [0.4, 0.5) is 5.69 Å². The number of carbonyl (C=O) groups is 2. The minimum Gasteiger partial charge on any atom is -0.319 e. The minimum atomic E-state index is -1.20. The third kappa shape index (κ3) is 5.50. The third-order valence-electron chi connectivity index (χ3n) is 7.52. The molecule has 2 atom stereocenters. The molecule has 2 unspecified atom stereocenters. The highest BCUT2D eigenvalue weighted by Gasteiger charge is 2.37. The molecule has 220 valence electrons. The average molecular weight is 603 g/mol. The van der Waals surface area contributed by atoms with E-state index < -0.39 is 24.0 Å². The molecule has 2 N–H and O–H groups in total. The second-order valence-electron chi connectivity index (χ2n) is 10.3. The molecule has 0 radical (unpaired) electrons. The second kappa shape index (κ2) is 12.6. The Kier molecular flexibility index (Phi) is 8.31. The molecule has 0 saturated carbocycles. The third-order valence-corrected chi connectivity index (χ3v) is 7.92. The van der Waals surface area contributed by atoms with Gasteiger partial charge in [0.15, 0.2) is 5.82 Å².